The summed E-state index contributed by atoms with van der Waals surface area (Å²) in [4.78, 5) is 1.52. The number of hydrogen-bond donors (Lipinski definition) is 2. The number of halogens is 3. The summed E-state index contributed by atoms with van der Waals surface area (Å²) in [6.45, 7) is 3.35. The highest BCUT2D eigenvalue weighted by atomic mass is 19.4. The molecule has 1 rings (SSSR count). The van der Waals surface area contributed by atoms with Gasteiger partial charge in [-0.2, -0.15) is 13.2 Å². The Morgan fingerprint density at radius 1 is 1.30 bits per heavy atom. The predicted octanol–water partition coefficient (Wildman–Crippen LogP) is 2.96. The van der Waals surface area contributed by atoms with Gasteiger partial charge in [0.15, 0.2) is 0 Å². The van der Waals surface area contributed by atoms with Crippen molar-refractivity contribution in [3.8, 4) is 0 Å². The molecule has 0 heterocycles. The Hall–Kier alpha value is -0.980. The molecule has 0 bridgehead atoms. The van der Waals surface area contributed by atoms with Crippen LogP contribution in [0.3, 0.4) is 0 Å². The van der Waals surface area contributed by atoms with Gasteiger partial charge in [0.2, 0.25) is 0 Å². The normalized spacial score (nSPS) is 17.8. The third-order valence-electron chi connectivity index (χ3n) is 3.74. The molecule has 0 amide bonds. The van der Waals surface area contributed by atoms with Crippen molar-refractivity contribution < 1.29 is 18.4 Å². The van der Waals surface area contributed by atoms with Crippen LogP contribution in [0, 0.1) is 5.41 Å². The Kier molecular flexibility index (Phi) is 5.68. The second-order valence-corrected chi connectivity index (χ2v) is 6.14. The molecule has 1 fully saturated rings. The van der Waals surface area contributed by atoms with Crippen molar-refractivity contribution in [2.45, 2.75) is 58.2 Å². The van der Waals surface area contributed by atoms with E-state index in [-0.39, 0.29) is 11.9 Å². The van der Waals surface area contributed by atoms with Gasteiger partial charge in [-0.25, -0.2) is 0 Å². The summed E-state index contributed by atoms with van der Waals surface area (Å²) in [6.07, 6.45) is -0.264. The maximum absolute atomic E-state index is 12.4. The number of amidine groups is 1. The minimum atomic E-state index is -4.13. The molecule has 0 spiro atoms. The Morgan fingerprint density at radius 2 is 1.90 bits per heavy atom. The topological polar surface area (TPSA) is 61.8 Å². The summed E-state index contributed by atoms with van der Waals surface area (Å²) in [5, 5.41) is 11.6. The maximum atomic E-state index is 12.4. The van der Waals surface area contributed by atoms with Crippen molar-refractivity contribution in [1.82, 2.24) is 4.90 Å². The SMILES string of the molecule is CC(C)(CCCCN(CC(F)(F)F)C1CC1)C(N)=NO. The molecule has 0 aromatic heterocycles. The third kappa shape index (κ3) is 5.98. The van der Waals surface area contributed by atoms with E-state index < -0.39 is 18.1 Å². The monoisotopic (exact) mass is 295 g/mol. The van der Waals surface area contributed by atoms with Gasteiger partial charge in [-0.05, 0) is 32.2 Å². The van der Waals surface area contributed by atoms with E-state index in [1.807, 2.05) is 13.8 Å². The van der Waals surface area contributed by atoms with Gasteiger partial charge in [-0.15, -0.1) is 0 Å². The lowest BCUT2D eigenvalue weighted by atomic mass is 9.86. The second kappa shape index (κ2) is 6.65. The molecular weight excluding hydrogens is 271 g/mol. The highest BCUT2D eigenvalue weighted by Crippen LogP contribution is 2.31. The van der Waals surface area contributed by atoms with Crippen molar-refractivity contribution in [3.05, 3.63) is 0 Å². The van der Waals surface area contributed by atoms with Crippen molar-refractivity contribution in [3.63, 3.8) is 0 Å². The van der Waals surface area contributed by atoms with Crippen LogP contribution in [-0.2, 0) is 0 Å². The number of hydrogen-bond acceptors (Lipinski definition) is 3. The predicted molar refractivity (Wildman–Crippen MR) is 71.7 cm³/mol. The van der Waals surface area contributed by atoms with Gasteiger partial charge in [-0.3, -0.25) is 4.90 Å². The standard InChI is InChI=1S/C13H24F3N3O/c1-12(2,11(17)18-20)7-3-4-8-19(10-5-6-10)9-13(14,15)16/h10,20H,3-9H2,1-2H3,(H2,17,18). The Balaban J connectivity index is 2.31. The summed E-state index contributed by atoms with van der Waals surface area (Å²) < 4.78 is 37.3. The van der Waals surface area contributed by atoms with Gasteiger partial charge in [0, 0.05) is 11.5 Å². The molecule has 0 radical (unpaired) electrons. The van der Waals surface area contributed by atoms with Crippen molar-refractivity contribution in [1.29, 1.82) is 0 Å². The smallest absolute Gasteiger partial charge is 0.401 e. The first kappa shape index (κ1) is 17.1. The first-order valence-electron chi connectivity index (χ1n) is 6.94. The van der Waals surface area contributed by atoms with Crippen LogP contribution in [-0.4, -0.2) is 41.3 Å². The zero-order valence-electron chi connectivity index (χ0n) is 12.1. The van der Waals surface area contributed by atoms with Crippen LogP contribution in [0.2, 0.25) is 0 Å². The summed E-state index contributed by atoms with van der Waals surface area (Å²) >= 11 is 0. The Morgan fingerprint density at radius 3 is 2.35 bits per heavy atom. The molecule has 1 saturated carbocycles. The highest BCUT2D eigenvalue weighted by Gasteiger charge is 2.37. The molecule has 0 atom stereocenters. The molecule has 1 aliphatic carbocycles. The molecule has 7 heteroatoms. The lowest BCUT2D eigenvalue weighted by molar-refractivity contribution is -0.147. The van der Waals surface area contributed by atoms with E-state index >= 15 is 0 Å². The zero-order chi connectivity index (χ0) is 15.4. The first-order chi connectivity index (χ1) is 9.15. The van der Waals surface area contributed by atoms with E-state index in [1.54, 1.807) is 0 Å². The third-order valence-corrected chi connectivity index (χ3v) is 3.74. The van der Waals surface area contributed by atoms with Gasteiger partial charge in [0.1, 0.15) is 5.84 Å². The Bertz CT molecular complexity index is 338. The summed E-state index contributed by atoms with van der Waals surface area (Å²) in [7, 11) is 0. The van der Waals surface area contributed by atoms with E-state index in [2.05, 4.69) is 5.16 Å². The molecule has 4 nitrogen and oxygen atoms in total. The maximum Gasteiger partial charge on any atom is 0.401 e. The van der Waals surface area contributed by atoms with Gasteiger partial charge in [-0.1, -0.05) is 25.4 Å². The molecular formula is C13H24F3N3O. The average molecular weight is 295 g/mol. The fraction of sp³-hybridized carbons (Fsp3) is 0.923. The second-order valence-electron chi connectivity index (χ2n) is 6.14. The average Bonchev–Trinajstić information content (AvgIpc) is 3.14. The molecule has 20 heavy (non-hydrogen) atoms. The van der Waals surface area contributed by atoms with Crippen LogP contribution < -0.4 is 5.73 Å². The number of nitrogens with zero attached hydrogens (tertiary/aromatic N) is 2. The quantitative estimate of drug-likeness (QED) is 0.238. The van der Waals surface area contributed by atoms with Crippen LogP contribution in [0.15, 0.2) is 5.16 Å². The molecule has 3 N–H and O–H groups in total. The lowest BCUT2D eigenvalue weighted by Gasteiger charge is -2.25. The Labute approximate surface area is 117 Å². The van der Waals surface area contributed by atoms with Crippen molar-refractivity contribution >= 4 is 5.84 Å². The first-order valence-corrected chi connectivity index (χ1v) is 6.94. The number of rotatable bonds is 8. The molecule has 0 saturated heterocycles. The van der Waals surface area contributed by atoms with Gasteiger partial charge >= 0.3 is 6.18 Å². The summed E-state index contributed by atoms with van der Waals surface area (Å²) in [6, 6.07) is 0.105. The number of oxime groups is 1. The van der Waals surface area contributed by atoms with E-state index in [0.717, 1.165) is 19.3 Å². The van der Waals surface area contributed by atoms with Crippen molar-refractivity contribution in [2.24, 2.45) is 16.3 Å². The van der Waals surface area contributed by atoms with E-state index in [9.17, 15) is 13.2 Å². The fourth-order valence-corrected chi connectivity index (χ4v) is 2.21. The van der Waals surface area contributed by atoms with E-state index in [1.165, 1.54) is 4.90 Å². The van der Waals surface area contributed by atoms with Crippen molar-refractivity contribution in [2.75, 3.05) is 13.1 Å². The molecule has 0 aromatic carbocycles. The van der Waals surface area contributed by atoms with E-state index in [4.69, 9.17) is 10.9 Å². The fourth-order valence-electron chi connectivity index (χ4n) is 2.21. The number of nitrogens with two attached hydrogens (primary N) is 1. The number of alkyl halides is 3. The molecule has 118 valence electrons. The summed E-state index contributed by atoms with van der Waals surface area (Å²) in [5.74, 6) is 0.159. The summed E-state index contributed by atoms with van der Waals surface area (Å²) in [5.41, 5.74) is 5.15. The van der Waals surface area contributed by atoms with Gasteiger partial charge in [0.25, 0.3) is 0 Å². The minimum Gasteiger partial charge on any atom is -0.409 e. The minimum absolute atomic E-state index is 0.105. The van der Waals surface area contributed by atoms with E-state index in [0.29, 0.717) is 19.4 Å². The van der Waals surface area contributed by atoms with Crippen LogP contribution in [0.5, 0.6) is 0 Å². The molecule has 0 aromatic rings. The van der Waals surface area contributed by atoms with Gasteiger partial charge in [0.05, 0.1) is 6.54 Å². The van der Waals surface area contributed by atoms with Crippen LogP contribution in [0.25, 0.3) is 0 Å². The molecule has 0 unspecified atom stereocenters. The highest BCUT2D eigenvalue weighted by molar-refractivity contribution is 5.85. The van der Waals surface area contributed by atoms with Crippen LogP contribution in [0.4, 0.5) is 13.2 Å². The number of unbranched alkanes of at least 4 members (excludes halogenated alkanes) is 1. The lowest BCUT2D eigenvalue weighted by Crippen LogP contribution is -2.37. The van der Waals surface area contributed by atoms with Gasteiger partial charge < -0.3 is 10.9 Å². The molecule has 0 aliphatic heterocycles. The van der Waals surface area contributed by atoms with Crippen LogP contribution >= 0.6 is 0 Å². The van der Waals surface area contributed by atoms with Crippen LogP contribution in [0.1, 0.15) is 46.0 Å². The largest absolute Gasteiger partial charge is 0.409 e. The zero-order valence-corrected chi connectivity index (χ0v) is 12.1. The molecule has 1 aliphatic rings.